The quantitative estimate of drug-likeness (QED) is 0.0286. The predicted molar refractivity (Wildman–Crippen MR) is 220 cm³/mol. The standard InChI is InChI=1S/C26H46O7.C16H34N3O2P/c1-22(28)31-21-25-19-24(32-23(2)29)20-26(33-25)30-18-16-14-12-10-8-6-4-3-5-7-9-11-13-15-17-27;1-15(2)19(16(3)4)22(21-14-10-11-17)20-13-9-7-6-8-12-18-5/h17,24-26H,3-16,18-21H2,1-2H3;15-16,18H,6-10,12-14H2,1-5H3. The smallest absolute Gasteiger partial charge is 0.302 e. The van der Waals surface area contributed by atoms with E-state index in [0.717, 1.165) is 51.5 Å². The Bertz CT molecular complexity index is 961. The Kier molecular flexibility index (Phi) is 36.7. The predicted octanol–water partition coefficient (Wildman–Crippen LogP) is 9.72. The van der Waals surface area contributed by atoms with Crippen LogP contribution in [-0.2, 0) is 42.4 Å². The number of esters is 2. The van der Waals surface area contributed by atoms with Crippen molar-refractivity contribution in [3.8, 4) is 6.07 Å². The average molecular weight is 802 g/mol. The van der Waals surface area contributed by atoms with Crippen molar-refractivity contribution in [3.63, 3.8) is 0 Å². The van der Waals surface area contributed by atoms with Gasteiger partial charge < -0.3 is 38.1 Å². The van der Waals surface area contributed by atoms with Crippen molar-refractivity contribution < 1.29 is 42.4 Å². The highest BCUT2D eigenvalue weighted by molar-refractivity contribution is 7.44. The molecule has 1 N–H and O–H groups in total. The van der Waals surface area contributed by atoms with Crippen LogP contribution in [0.1, 0.15) is 176 Å². The first-order valence-corrected chi connectivity index (χ1v) is 22.6. The third-order valence-corrected chi connectivity index (χ3v) is 11.2. The molecule has 1 fully saturated rings. The second-order valence-corrected chi connectivity index (χ2v) is 16.5. The first-order chi connectivity index (χ1) is 26.5. The average Bonchev–Trinajstić information content (AvgIpc) is 3.13. The molecule has 1 heterocycles. The van der Waals surface area contributed by atoms with Crippen LogP contribution in [0.4, 0.5) is 0 Å². The molecule has 0 radical (unpaired) electrons. The Morgan fingerprint density at radius 2 is 1.31 bits per heavy atom. The summed E-state index contributed by atoms with van der Waals surface area (Å²) < 4.78 is 36.3. The van der Waals surface area contributed by atoms with E-state index in [0.29, 0.717) is 44.6 Å². The maximum atomic E-state index is 11.3. The molecule has 4 atom stereocenters. The number of unbranched alkanes of at least 4 members (excludes halogenated alkanes) is 16. The topological polar surface area (TPSA) is 146 Å². The van der Waals surface area contributed by atoms with E-state index < -0.39 is 14.8 Å². The molecule has 1 aliphatic heterocycles. The number of hydrogen-bond donors (Lipinski definition) is 1. The zero-order valence-electron chi connectivity index (χ0n) is 35.9. The normalized spacial score (nSPS) is 17.4. The zero-order chi connectivity index (χ0) is 40.9. The molecular weight excluding hydrogens is 721 g/mol. The van der Waals surface area contributed by atoms with Gasteiger partial charge >= 0.3 is 11.9 Å². The number of rotatable bonds is 34. The zero-order valence-corrected chi connectivity index (χ0v) is 36.8. The fourth-order valence-corrected chi connectivity index (χ4v) is 8.02. The summed E-state index contributed by atoms with van der Waals surface area (Å²) in [6.07, 6.45) is 22.8. The maximum Gasteiger partial charge on any atom is 0.302 e. The summed E-state index contributed by atoms with van der Waals surface area (Å²) in [7, 11) is 0.915. The summed E-state index contributed by atoms with van der Waals surface area (Å²) in [5.41, 5.74) is 0. The molecule has 0 aliphatic carbocycles. The molecule has 4 unspecified atom stereocenters. The molecule has 0 aromatic rings. The Labute approximate surface area is 336 Å². The van der Waals surface area contributed by atoms with E-state index in [1.165, 1.54) is 97.3 Å². The molecule has 0 bridgehead atoms. The lowest BCUT2D eigenvalue weighted by Gasteiger charge is -2.35. The van der Waals surface area contributed by atoms with E-state index in [1.54, 1.807) is 0 Å². The van der Waals surface area contributed by atoms with Crippen molar-refractivity contribution >= 4 is 26.8 Å². The Hall–Kier alpha value is -1.71. The second-order valence-electron chi connectivity index (χ2n) is 15.0. The maximum absolute atomic E-state index is 11.3. The minimum atomic E-state index is -1.07. The van der Waals surface area contributed by atoms with Crippen LogP contribution in [0.2, 0.25) is 0 Å². The minimum Gasteiger partial charge on any atom is -0.463 e. The van der Waals surface area contributed by atoms with Gasteiger partial charge in [0.1, 0.15) is 19.0 Å². The highest BCUT2D eigenvalue weighted by Gasteiger charge is 2.32. The van der Waals surface area contributed by atoms with Crippen LogP contribution in [0, 0.1) is 11.3 Å². The fraction of sp³-hybridized carbons (Fsp3) is 0.905. The molecule has 1 aliphatic rings. The van der Waals surface area contributed by atoms with Gasteiger partial charge in [-0.1, -0.05) is 83.5 Å². The van der Waals surface area contributed by atoms with Crippen molar-refractivity contribution in [2.75, 3.05) is 40.0 Å². The molecule has 322 valence electrons. The molecule has 0 spiro atoms. The number of ether oxygens (including phenoxy) is 4. The van der Waals surface area contributed by atoms with E-state index in [9.17, 15) is 14.4 Å². The number of hydrogen-bond acceptors (Lipinski definition) is 12. The molecular formula is C42H80N3O9P. The van der Waals surface area contributed by atoms with Crippen LogP contribution in [0.3, 0.4) is 0 Å². The van der Waals surface area contributed by atoms with Crippen molar-refractivity contribution in [2.45, 2.75) is 207 Å². The van der Waals surface area contributed by atoms with Gasteiger partial charge in [0, 0.05) is 51.8 Å². The Balaban J connectivity index is 0.00000115. The largest absolute Gasteiger partial charge is 0.463 e. The van der Waals surface area contributed by atoms with Gasteiger partial charge in [-0.05, 0) is 67.0 Å². The van der Waals surface area contributed by atoms with Crippen LogP contribution >= 0.6 is 8.53 Å². The first-order valence-electron chi connectivity index (χ1n) is 21.4. The molecule has 1 rings (SSSR count). The molecule has 12 nitrogen and oxygen atoms in total. The van der Waals surface area contributed by atoms with E-state index in [4.69, 9.17) is 33.3 Å². The highest BCUT2D eigenvalue weighted by atomic mass is 31.2. The number of aldehydes is 1. The Morgan fingerprint density at radius 1 is 0.782 bits per heavy atom. The van der Waals surface area contributed by atoms with Gasteiger partial charge in [-0.15, -0.1) is 0 Å². The van der Waals surface area contributed by atoms with Gasteiger partial charge in [0.15, 0.2) is 6.29 Å². The lowest BCUT2D eigenvalue weighted by atomic mass is 10.0. The van der Waals surface area contributed by atoms with E-state index in [-0.39, 0.29) is 30.8 Å². The fourth-order valence-electron chi connectivity index (χ4n) is 6.39. The van der Waals surface area contributed by atoms with Crippen LogP contribution in [0.25, 0.3) is 0 Å². The van der Waals surface area contributed by atoms with Gasteiger partial charge in [-0.3, -0.25) is 9.59 Å². The third-order valence-electron chi connectivity index (χ3n) is 9.09. The second kappa shape index (κ2) is 37.8. The molecule has 0 amide bonds. The summed E-state index contributed by atoms with van der Waals surface area (Å²) in [5.74, 6) is -0.675. The Morgan fingerprint density at radius 3 is 1.82 bits per heavy atom. The number of carbonyl (C=O) groups is 3. The van der Waals surface area contributed by atoms with E-state index >= 15 is 0 Å². The molecule has 55 heavy (non-hydrogen) atoms. The SMILES string of the molecule is CC(=O)OCC1CC(OC(C)=O)CC(OCCCCCCCCCCCCCCCC=O)O1.CNCCCCCCOP(OCCC#N)N(C(C)C)C(C)C. The molecule has 1 saturated heterocycles. The summed E-state index contributed by atoms with van der Waals surface area (Å²) in [4.78, 5) is 32.6. The summed E-state index contributed by atoms with van der Waals surface area (Å²) >= 11 is 0. The van der Waals surface area contributed by atoms with Gasteiger partial charge in [-0.2, -0.15) is 5.26 Å². The molecule has 13 heteroatoms. The van der Waals surface area contributed by atoms with Crippen LogP contribution in [0.15, 0.2) is 0 Å². The summed E-state index contributed by atoms with van der Waals surface area (Å²) in [5, 5.41) is 11.8. The number of carbonyl (C=O) groups excluding carboxylic acids is 3. The van der Waals surface area contributed by atoms with Crippen molar-refractivity contribution in [3.05, 3.63) is 0 Å². The highest BCUT2D eigenvalue weighted by Crippen LogP contribution is 2.46. The van der Waals surface area contributed by atoms with E-state index in [2.05, 4.69) is 43.8 Å². The lowest BCUT2D eigenvalue weighted by molar-refractivity contribution is -0.229. The van der Waals surface area contributed by atoms with Crippen LogP contribution < -0.4 is 5.32 Å². The molecule has 0 saturated carbocycles. The monoisotopic (exact) mass is 802 g/mol. The minimum absolute atomic E-state index is 0.147. The lowest BCUT2D eigenvalue weighted by Crippen LogP contribution is -2.41. The van der Waals surface area contributed by atoms with Gasteiger partial charge in [0.2, 0.25) is 0 Å². The molecule has 0 aromatic carbocycles. The number of nitriles is 1. The van der Waals surface area contributed by atoms with Crippen molar-refractivity contribution in [1.29, 1.82) is 5.26 Å². The van der Waals surface area contributed by atoms with Crippen LogP contribution in [-0.4, -0.2) is 93.5 Å². The van der Waals surface area contributed by atoms with Crippen LogP contribution in [0.5, 0.6) is 0 Å². The third kappa shape index (κ3) is 33.0. The molecule has 0 aromatic heterocycles. The summed E-state index contributed by atoms with van der Waals surface area (Å²) in [6.45, 7) is 14.4. The first kappa shape index (κ1) is 53.3. The number of nitrogens with zero attached hydrogens (tertiary/aromatic N) is 2. The summed E-state index contributed by atoms with van der Waals surface area (Å²) in [6, 6.07) is 2.85. The van der Waals surface area contributed by atoms with Gasteiger partial charge in [-0.25, -0.2) is 4.67 Å². The van der Waals surface area contributed by atoms with E-state index in [1.807, 2.05) is 7.05 Å². The van der Waals surface area contributed by atoms with Gasteiger partial charge in [0.25, 0.3) is 8.53 Å². The van der Waals surface area contributed by atoms with Crippen molar-refractivity contribution in [1.82, 2.24) is 9.99 Å². The van der Waals surface area contributed by atoms with Gasteiger partial charge in [0.05, 0.1) is 31.8 Å². The van der Waals surface area contributed by atoms with Crippen molar-refractivity contribution in [2.24, 2.45) is 0 Å². The number of nitrogens with one attached hydrogen (secondary N) is 1.